The number of aromatic nitrogens is 3. The molecule has 0 spiro atoms. The van der Waals surface area contributed by atoms with E-state index in [0.29, 0.717) is 0 Å². The van der Waals surface area contributed by atoms with E-state index in [2.05, 4.69) is 53.5 Å². The Hall–Kier alpha value is -1.68. The lowest BCUT2D eigenvalue weighted by atomic mass is 10.0. The molecular formula is C16H24N4. The Bertz CT molecular complexity index is 476. The highest BCUT2D eigenvalue weighted by Crippen LogP contribution is 2.16. The van der Waals surface area contributed by atoms with Crippen LogP contribution in [0.25, 0.3) is 0 Å². The maximum Gasteiger partial charge on any atom is 0.137 e. The van der Waals surface area contributed by atoms with Crippen LogP contribution in [0.1, 0.15) is 43.9 Å². The van der Waals surface area contributed by atoms with E-state index in [0.717, 1.165) is 25.9 Å². The predicted octanol–water partition coefficient (Wildman–Crippen LogP) is 2.97. The third kappa shape index (κ3) is 4.17. The summed E-state index contributed by atoms with van der Waals surface area (Å²) in [4.78, 5) is 4.01. The Morgan fingerprint density at radius 2 is 1.95 bits per heavy atom. The van der Waals surface area contributed by atoms with E-state index < -0.39 is 0 Å². The summed E-state index contributed by atoms with van der Waals surface area (Å²) in [6.45, 7) is 6.22. The molecule has 20 heavy (non-hydrogen) atoms. The average molecular weight is 272 g/mol. The van der Waals surface area contributed by atoms with Crippen LogP contribution < -0.4 is 5.32 Å². The number of hydrogen-bond donors (Lipinski definition) is 1. The molecule has 1 aromatic heterocycles. The monoisotopic (exact) mass is 272 g/mol. The molecule has 1 N–H and O–H groups in total. The topological polar surface area (TPSA) is 42.7 Å². The average Bonchev–Trinajstić information content (AvgIpc) is 2.98. The van der Waals surface area contributed by atoms with Crippen LogP contribution >= 0.6 is 0 Å². The fourth-order valence-corrected chi connectivity index (χ4v) is 2.33. The number of rotatable bonds is 8. The summed E-state index contributed by atoms with van der Waals surface area (Å²) in [5, 5.41) is 7.79. The molecule has 4 nitrogen and oxygen atoms in total. The molecule has 0 fully saturated rings. The Kier molecular flexibility index (Phi) is 5.74. The number of nitrogens with zero attached hydrogens (tertiary/aromatic N) is 3. The predicted molar refractivity (Wildman–Crippen MR) is 81.5 cm³/mol. The third-order valence-corrected chi connectivity index (χ3v) is 3.40. The zero-order valence-electron chi connectivity index (χ0n) is 12.4. The Morgan fingerprint density at radius 3 is 2.55 bits per heavy atom. The van der Waals surface area contributed by atoms with E-state index in [4.69, 9.17) is 0 Å². The van der Waals surface area contributed by atoms with Crippen molar-refractivity contribution in [1.82, 2.24) is 20.1 Å². The maximum absolute atomic E-state index is 4.20. The minimum Gasteiger partial charge on any atom is -0.308 e. The molecule has 2 aromatic rings. The van der Waals surface area contributed by atoms with Crippen LogP contribution in [0.2, 0.25) is 0 Å². The Morgan fingerprint density at radius 1 is 1.15 bits per heavy atom. The normalized spacial score (nSPS) is 12.5. The molecule has 0 saturated heterocycles. The summed E-state index contributed by atoms with van der Waals surface area (Å²) >= 11 is 0. The summed E-state index contributed by atoms with van der Waals surface area (Å²) < 4.78 is 1.88. The lowest BCUT2D eigenvalue weighted by molar-refractivity contribution is 0.438. The van der Waals surface area contributed by atoms with Crippen molar-refractivity contribution in [3.63, 3.8) is 0 Å². The molecule has 1 aromatic carbocycles. The molecular weight excluding hydrogens is 248 g/mol. The van der Waals surface area contributed by atoms with Crippen molar-refractivity contribution >= 4 is 0 Å². The van der Waals surface area contributed by atoms with Crippen molar-refractivity contribution in [3.8, 4) is 0 Å². The molecule has 0 radical (unpaired) electrons. The molecule has 108 valence electrons. The minimum atomic E-state index is 0.285. The maximum atomic E-state index is 4.20. The fraction of sp³-hybridized carbons (Fsp3) is 0.500. The molecule has 0 aliphatic carbocycles. The molecule has 0 aliphatic rings. The second kappa shape index (κ2) is 7.80. The van der Waals surface area contributed by atoms with E-state index in [1.165, 1.54) is 17.5 Å². The molecule has 2 rings (SSSR count). The summed E-state index contributed by atoms with van der Waals surface area (Å²) in [5.41, 5.74) is 2.72. The quantitative estimate of drug-likeness (QED) is 0.803. The van der Waals surface area contributed by atoms with Gasteiger partial charge in [-0.1, -0.05) is 44.5 Å². The first-order chi connectivity index (χ1) is 9.83. The first kappa shape index (κ1) is 14.7. The van der Waals surface area contributed by atoms with Gasteiger partial charge in [-0.05, 0) is 30.5 Å². The van der Waals surface area contributed by atoms with Gasteiger partial charge in [0, 0.05) is 0 Å². The van der Waals surface area contributed by atoms with Crippen LogP contribution in [0.3, 0.4) is 0 Å². The van der Waals surface area contributed by atoms with Crippen LogP contribution in [0.4, 0.5) is 0 Å². The molecule has 1 atom stereocenters. The number of benzene rings is 1. The second-order valence-electron chi connectivity index (χ2n) is 5.12. The molecule has 0 aliphatic heterocycles. The first-order valence-corrected chi connectivity index (χ1v) is 7.48. The highest BCUT2D eigenvalue weighted by Gasteiger charge is 2.11. The zero-order chi connectivity index (χ0) is 14.2. The van der Waals surface area contributed by atoms with E-state index in [1.54, 1.807) is 12.7 Å². The molecule has 4 heteroatoms. The zero-order valence-corrected chi connectivity index (χ0v) is 12.4. The Labute approximate surface area is 121 Å². The SMILES string of the molecule is CCCNC(Cn1cncn1)c1ccc(CCC)cc1. The molecule has 0 amide bonds. The summed E-state index contributed by atoms with van der Waals surface area (Å²) in [5.74, 6) is 0. The van der Waals surface area contributed by atoms with E-state index in [1.807, 2.05) is 4.68 Å². The third-order valence-electron chi connectivity index (χ3n) is 3.40. The molecule has 1 heterocycles. The van der Waals surface area contributed by atoms with Crippen LogP contribution in [-0.4, -0.2) is 21.3 Å². The van der Waals surface area contributed by atoms with Gasteiger partial charge in [-0.25, -0.2) is 4.98 Å². The van der Waals surface area contributed by atoms with Crippen molar-refractivity contribution in [2.24, 2.45) is 0 Å². The lowest BCUT2D eigenvalue weighted by Gasteiger charge is -2.19. The largest absolute Gasteiger partial charge is 0.308 e. The van der Waals surface area contributed by atoms with Gasteiger partial charge in [0.05, 0.1) is 12.6 Å². The van der Waals surface area contributed by atoms with Crippen LogP contribution in [0.5, 0.6) is 0 Å². The molecule has 0 bridgehead atoms. The number of aryl methyl sites for hydroxylation is 1. The van der Waals surface area contributed by atoms with Gasteiger partial charge in [-0.15, -0.1) is 0 Å². The van der Waals surface area contributed by atoms with Crippen LogP contribution in [-0.2, 0) is 13.0 Å². The van der Waals surface area contributed by atoms with Gasteiger partial charge in [0.2, 0.25) is 0 Å². The fourth-order valence-electron chi connectivity index (χ4n) is 2.33. The summed E-state index contributed by atoms with van der Waals surface area (Å²) in [6.07, 6.45) is 6.82. The van der Waals surface area contributed by atoms with Crippen molar-refractivity contribution in [2.75, 3.05) is 6.54 Å². The first-order valence-electron chi connectivity index (χ1n) is 7.48. The van der Waals surface area contributed by atoms with E-state index in [9.17, 15) is 0 Å². The van der Waals surface area contributed by atoms with Crippen molar-refractivity contribution in [2.45, 2.75) is 45.7 Å². The smallest absolute Gasteiger partial charge is 0.137 e. The lowest BCUT2D eigenvalue weighted by Crippen LogP contribution is -2.26. The van der Waals surface area contributed by atoms with Gasteiger partial charge >= 0.3 is 0 Å². The minimum absolute atomic E-state index is 0.285. The standard InChI is InChI=1S/C16H24N4/c1-3-5-14-6-8-15(9-7-14)16(18-10-4-2)11-20-13-17-12-19-20/h6-9,12-13,16,18H,3-5,10-11H2,1-2H3. The Balaban J connectivity index is 2.08. The van der Waals surface area contributed by atoms with Gasteiger partial charge in [0.1, 0.15) is 12.7 Å². The van der Waals surface area contributed by atoms with Gasteiger partial charge in [-0.3, -0.25) is 4.68 Å². The second-order valence-corrected chi connectivity index (χ2v) is 5.12. The highest BCUT2D eigenvalue weighted by atomic mass is 15.3. The van der Waals surface area contributed by atoms with Crippen LogP contribution in [0, 0.1) is 0 Å². The summed E-state index contributed by atoms with van der Waals surface area (Å²) in [7, 11) is 0. The van der Waals surface area contributed by atoms with Crippen molar-refractivity contribution < 1.29 is 0 Å². The van der Waals surface area contributed by atoms with Gasteiger partial charge in [-0.2, -0.15) is 5.10 Å². The number of hydrogen-bond acceptors (Lipinski definition) is 3. The van der Waals surface area contributed by atoms with Gasteiger partial charge in [0.25, 0.3) is 0 Å². The van der Waals surface area contributed by atoms with Crippen LogP contribution in [0.15, 0.2) is 36.9 Å². The highest BCUT2D eigenvalue weighted by molar-refractivity contribution is 5.25. The van der Waals surface area contributed by atoms with Crippen molar-refractivity contribution in [1.29, 1.82) is 0 Å². The van der Waals surface area contributed by atoms with Gasteiger partial charge < -0.3 is 5.32 Å². The number of nitrogens with one attached hydrogen (secondary N) is 1. The van der Waals surface area contributed by atoms with E-state index in [-0.39, 0.29) is 6.04 Å². The van der Waals surface area contributed by atoms with E-state index >= 15 is 0 Å². The molecule has 0 saturated carbocycles. The summed E-state index contributed by atoms with van der Waals surface area (Å²) in [6, 6.07) is 9.22. The molecule has 1 unspecified atom stereocenters. The van der Waals surface area contributed by atoms with Crippen molar-refractivity contribution in [3.05, 3.63) is 48.0 Å². The van der Waals surface area contributed by atoms with Gasteiger partial charge in [0.15, 0.2) is 0 Å².